The lowest BCUT2D eigenvalue weighted by Gasteiger charge is -2.28. The van der Waals surface area contributed by atoms with Gasteiger partial charge in [-0.1, -0.05) is 12.7 Å². The van der Waals surface area contributed by atoms with Crippen LogP contribution in [0.25, 0.3) is 0 Å². The Morgan fingerprint density at radius 3 is 3.07 bits per heavy atom. The molecule has 0 radical (unpaired) electrons. The molecule has 2 nitrogen and oxygen atoms in total. The summed E-state index contributed by atoms with van der Waals surface area (Å²) in [6.07, 6.45) is 7.69. The smallest absolute Gasteiger partial charge is 0.331 e. The van der Waals surface area contributed by atoms with Gasteiger partial charge in [0.15, 0.2) is 0 Å². The van der Waals surface area contributed by atoms with Crippen molar-refractivity contribution in [2.24, 2.45) is 5.92 Å². The van der Waals surface area contributed by atoms with Gasteiger partial charge in [0.05, 0.1) is 0 Å². The SMILES string of the molecule is C=CC(=O)OC12CCC(CC1=CC)C2. The molecule has 2 fully saturated rings. The van der Waals surface area contributed by atoms with E-state index in [1.165, 1.54) is 18.1 Å². The van der Waals surface area contributed by atoms with Gasteiger partial charge in [0.25, 0.3) is 0 Å². The van der Waals surface area contributed by atoms with E-state index in [0.717, 1.165) is 25.2 Å². The summed E-state index contributed by atoms with van der Waals surface area (Å²) in [5.41, 5.74) is 1.05. The van der Waals surface area contributed by atoms with Gasteiger partial charge in [-0.3, -0.25) is 0 Å². The molecule has 2 unspecified atom stereocenters. The van der Waals surface area contributed by atoms with E-state index >= 15 is 0 Å². The van der Waals surface area contributed by atoms with Crippen LogP contribution >= 0.6 is 0 Å². The van der Waals surface area contributed by atoms with Crippen molar-refractivity contribution >= 4 is 5.97 Å². The fourth-order valence-electron chi connectivity index (χ4n) is 2.84. The van der Waals surface area contributed by atoms with E-state index in [4.69, 9.17) is 4.74 Å². The summed E-state index contributed by atoms with van der Waals surface area (Å²) >= 11 is 0. The zero-order valence-electron chi connectivity index (χ0n) is 8.58. The Balaban J connectivity index is 2.20. The van der Waals surface area contributed by atoms with E-state index < -0.39 is 0 Å². The highest BCUT2D eigenvalue weighted by atomic mass is 16.6. The predicted octanol–water partition coefficient (Wildman–Crippen LogP) is 2.60. The van der Waals surface area contributed by atoms with Crippen LogP contribution in [0.15, 0.2) is 24.3 Å². The minimum atomic E-state index is -0.285. The standard InChI is InChI=1S/C12H16O2/c1-3-10-7-9-5-6-12(10,8-9)14-11(13)4-2/h3-4,9H,2,5-8H2,1H3. The van der Waals surface area contributed by atoms with E-state index in [2.05, 4.69) is 12.7 Å². The first-order valence-corrected chi connectivity index (χ1v) is 5.21. The number of ether oxygens (including phenoxy) is 1. The Bertz CT molecular complexity index is 303. The summed E-state index contributed by atoms with van der Waals surface area (Å²) in [7, 11) is 0. The largest absolute Gasteiger partial charge is 0.451 e. The Kier molecular flexibility index (Phi) is 2.22. The van der Waals surface area contributed by atoms with Crippen LogP contribution in [-0.4, -0.2) is 11.6 Å². The van der Waals surface area contributed by atoms with Crippen molar-refractivity contribution in [3.63, 3.8) is 0 Å². The molecule has 0 aliphatic heterocycles. The predicted molar refractivity (Wildman–Crippen MR) is 54.7 cm³/mol. The van der Waals surface area contributed by atoms with Crippen LogP contribution in [0.2, 0.25) is 0 Å². The van der Waals surface area contributed by atoms with Crippen LogP contribution in [0.1, 0.15) is 32.6 Å². The quantitative estimate of drug-likeness (QED) is 0.382. The number of hydrogen-bond acceptors (Lipinski definition) is 2. The van der Waals surface area contributed by atoms with Gasteiger partial charge in [-0.15, -0.1) is 0 Å². The first kappa shape index (κ1) is 9.50. The zero-order valence-corrected chi connectivity index (χ0v) is 8.58. The highest BCUT2D eigenvalue weighted by molar-refractivity contribution is 5.82. The van der Waals surface area contributed by atoms with Gasteiger partial charge in [0, 0.05) is 6.08 Å². The molecule has 2 aliphatic carbocycles. The molecule has 2 aliphatic rings. The summed E-state index contributed by atoms with van der Waals surface area (Å²) in [5, 5.41) is 0. The molecule has 2 atom stereocenters. The maximum atomic E-state index is 11.2. The third kappa shape index (κ3) is 1.29. The average molecular weight is 192 g/mol. The molecule has 0 N–H and O–H groups in total. The van der Waals surface area contributed by atoms with Crippen LogP contribution < -0.4 is 0 Å². The fourth-order valence-corrected chi connectivity index (χ4v) is 2.84. The molecule has 0 amide bonds. The fraction of sp³-hybridized carbons (Fsp3) is 0.583. The summed E-state index contributed by atoms with van der Waals surface area (Å²) in [6, 6.07) is 0. The molecule has 0 spiro atoms. The molecular weight excluding hydrogens is 176 g/mol. The van der Waals surface area contributed by atoms with Crippen molar-refractivity contribution in [3.8, 4) is 0 Å². The molecule has 2 saturated carbocycles. The highest BCUT2D eigenvalue weighted by Gasteiger charge is 2.50. The van der Waals surface area contributed by atoms with Crippen LogP contribution in [0.3, 0.4) is 0 Å². The lowest BCUT2D eigenvalue weighted by Crippen LogP contribution is -2.31. The zero-order chi connectivity index (χ0) is 10.2. The van der Waals surface area contributed by atoms with E-state index in [0.29, 0.717) is 0 Å². The van der Waals surface area contributed by atoms with Gasteiger partial charge in [-0.05, 0) is 44.1 Å². The van der Waals surface area contributed by atoms with E-state index in [1.807, 2.05) is 6.92 Å². The number of hydrogen-bond donors (Lipinski definition) is 0. The summed E-state index contributed by atoms with van der Waals surface area (Å²) in [5.74, 6) is 0.450. The minimum Gasteiger partial charge on any atom is -0.451 e. The van der Waals surface area contributed by atoms with Crippen LogP contribution in [0, 0.1) is 5.92 Å². The number of allylic oxidation sites excluding steroid dienone is 1. The monoisotopic (exact) mass is 192 g/mol. The van der Waals surface area contributed by atoms with Crippen molar-refractivity contribution in [2.45, 2.75) is 38.2 Å². The number of esters is 1. The second-order valence-electron chi connectivity index (χ2n) is 4.25. The first-order valence-electron chi connectivity index (χ1n) is 5.21. The van der Waals surface area contributed by atoms with Gasteiger partial charge in [0.1, 0.15) is 5.60 Å². The maximum Gasteiger partial charge on any atom is 0.331 e. The molecule has 2 rings (SSSR count). The van der Waals surface area contributed by atoms with Gasteiger partial charge in [-0.2, -0.15) is 0 Å². The molecular formula is C12H16O2. The lowest BCUT2D eigenvalue weighted by molar-refractivity contribution is -0.148. The summed E-state index contributed by atoms with van der Waals surface area (Å²) in [6.45, 7) is 5.47. The van der Waals surface area contributed by atoms with Gasteiger partial charge in [0.2, 0.25) is 0 Å². The lowest BCUT2D eigenvalue weighted by atomic mass is 9.91. The molecule has 76 valence electrons. The second-order valence-corrected chi connectivity index (χ2v) is 4.25. The van der Waals surface area contributed by atoms with Crippen molar-refractivity contribution < 1.29 is 9.53 Å². The molecule has 14 heavy (non-hydrogen) atoms. The van der Waals surface area contributed by atoms with Crippen LogP contribution in [0.5, 0.6) is 0 Å². The number of carbonyl (C=O) groups is 1. The Hall–Kier alpha value is -1.05. The average Bonchev–Trinajstić information content (AvgIpc) is 2.73. The normalized spacial score (nSPS) is 37.5. The number of rotatable bonds is 2. The molecule has 0 saturated heterocycles. The molecule has 0 heterocycles. The third-order valence-electron chi connectivity index (χ3n) is 3.48. The summed E-state index contributed by atoms with van der Waals surface area (Å²) < 4.78 is 5.52. The third-order valence-corrected chi connectivity index (χ3v) is 3.48. The van der Waals surface area contributed by atoms with E-state index in [1.54, 1.807) is 0 Å². The summed E-state index contributed by atoms with van der Waals surface area (Å²) in [4.78, 5) is 11.2. The Labute approximate surface area is 84.6 Å². The maximum absolute atomic E-state index is 11.2. The molecule has 0 aromatic carbocycles. The second kappa shape index (κ2) is 3.26. The molecule has 2 bridgehead atoms. The van der Waals surface area contributed by atoms with Gasteiger partial charge >= 0.3 is 5.97 Å². The highest BCUT2D eigenvalue weighted by Crippen LogP contribution is 2.53. The van der Waals surface area contributed by atoms with Gasteiger partial charge in [-0.25, -0.2) is 4.79 Å². The number of carbonyl (C=O) groups excluding carboxylic acids is 1. The Morgan fingerprint density at radius 2 is 2.50 bits per heavy atom. The molecule has 0 aromatic heterocycles. The van der Waals surface area contributed by atoms with Crippen LogP contribution in [0.4, 0.5) is 0 Å². The van der Waals surface area contributed by atoms with E-state index in [9.17, 15) is 4.79 Å². The molecule has 2 heteroatoms. The van der Waals surface area contributed by atoms with Crippen molar-refractivity contribution in [1.29, 1.82) is 0 Å². The topological polar surface area (TPSA) is 26.3 Å². The number of fused-ring (bicyclic) bond motifs is 2. The van der Waals surface area contributed by atoms with Crippen LogP contribution in [-0.2, 0) is 9.53 Å². The Morgan fingerprint density at radius 1 is 1.71 bits per heavy atom. The van der Waals surface area contributed by atoms with Gasteiger partial charge < -0.3 is 4.74 Å². The minimum absolute atomic E-state index is 0.259. The van der Waals surface area contributed by atoms with Crippen molar-refractivity contribution in [3.05, 3.63) is 24.3 Å². The first-order chi connectivity index (χ1) is 6.70. The molecule has 0 aromatic rings. The van der Waals surface area contributed by atoms with E-state index in [-0.39, 0.29) is 11.6 Å². The van der Waals surface area contributed by atoms with Crippen molar-refractivity contribution in [2.75, 3.05) is 0 Å². The van der Waals surface area contributed by atoms with Crippen molar-refractivity contribution in [1.82, 2.24) is 0 Å².